The number of rotatable bonds is 6. The van der Waals surface area contributed by atoms with Crippen LogP contribution < -0.4 is 9.16 Å². The van der Waals surface area contributed by atoms with Crippen LogP contribution in [0.25, 0.3) is 6.08 Å². The Morgan fingerprint density at radius 1 is 1.00 bits per heavy atom. The van der Waals surface area contributed by atoms with Crippen molar-refractivity contribution in [2.75, 3.05) is 0 Å². The molecule has 1 aromatic carbocycles. The third-order valence-corrected chi connectivity index (χ3v) is 48.5. The Bertz CT molecular complexity index is 733. The Labute approximate surface area is 182 Å². The van der Waals surface area contributed by atoms with Crippen LogP contribution in [-0.4, -0.2) is 51.0 Å². The molecule has 0 fully saturated rings. The molecule has 0 saturated carbocycles. The third kappa shape index (κ3) is 7.38. The molecule has 0 aromatic heterocycles. The van der Waals surface area contributed by atoms with E-state index in [-0.39, 0.29) is 11.0 Å². The zero-order valence-electron chi connectivity index (χ0n) is 20.0. The van der Waals surface area contributed by atoms with E-state index >= 15 is 0 Å². The minimum atomic E-state index is -2.28. The Morgan fingerprint density at radius 2 is 1.50 bits per heavy atom. The zero-order valence-corrected chi connectivity index (χ0v) is 26.7. The second kappa shape index (κ2) is 9.04. The second-order valence-corrected chi connectivity index (χ2v) is 48.8. The fourth-order valence-electron chi connectivity index (χ4n) is 3.11. The summed E-state index contributed by atoms with van der Waals surface area (Å²) >= 11 is -4.56. The van der Waals surface area contributed by atoms with Gasteiger partial charge < -0.3 is 0 Å². The SMILES string of the molecule is CC(=O)Oc1ccc(O[Si](C)(C)C(C)(C)C)cc1C=[C]([Sn]([CH3])([CH3])[CH3])[Sn]([CH3])([CH3])[CH3]. The van der Waals surface area contributed by atoms with Gasteiger partial charge in [0.05, 0.1) is 0 Å². The first-order chi connectivity index (χ1) is 12.3. The van der Waals surface area contributed by atoms with Crippen molar-refractivity contribution >= 4 is 57.1 Å². The van der Waals surface area contributed by atoms with Gasteiger partial charge in [0, 0.05) is 0 Å². The van der Waals surface area contributed by atoms with Crippen LogP contribution in [0.4, 0.5) is 0 Å². The van der Waals surface area contributed by atoms with E-state index in [4.69, 9.17) is 9.16 Å². The van der Waals surface area contributed by atoms with E-state index in [9.17, 15) is 4.79 Å². The molecule has 0 spiro atoms. The third-order valence-electron chi connectivity index (χ3n) is 5.33. The van der Waals surface area contributed by atoms with Gasteiger partial charge in [0.25, 0.3) is 0 Å². The summed E-state index contributed by atoms with van der Waals surface area (Å²) in [6.07, 6.45) is 2.35. The number of ether oxygens (including phenoxy) is 1. The van der Waals surface area contributed by atoms with Gasteiger partial charge in [0.1, 0.15) is 0 Å². The summed E-state index contributed by atoms with van der Waals surface area (Å²) < 4.78 is 13.8. The second-order valence-electron chi connectivity index (χ2n) is 11.2. The summed E-state index contributed by atoms with van der Waals surface area (Å²) in [6.45, 7) is 12.7. The Balaban J connectivity index is 3.56. The molecule has 0 N–H and O–H groups in total. The quantitative estimate of drug-likeness (QED) is 0.194. The summed E-state index contributed by atoms with van der Waals surface area (Å²) in [5.74, 6) is 1.23. The van der Waals surface area contributed by atoms with Gasteiger partial charge in [-0.2, -0.15) is 0 Å². The molecule has 0 heterocycles. The van der Waals surface area contributed by atoms with Gasteiger partial charge in [0.2, 0.25) is 0 Å². The van der Waals surface area contributed by atoms with Crippen LogP contribution in [0.2, 0.25) is 47.8 Å². The molecule has 0 aliphatic heterocycles. The molecular formula is C22H40O3SiSn2. The van der Waals surface area contributed by atoms with Crippen LogP contribution in [-0.2, 0) is 4.79 Å². The predicted molar refractivity (Wildman–Crippen MR) is 130 cm³/mol. The molecule has 158 valence electrons. The van der Waals surface area contributed by atoms with Crippen molar-refractivity contribution in [3.8, 4) is 11.5 Å². The number of benzene rings is 1. The average molecular weight is 618 g/mol. The number of carbonyl (C=O) groups excluding carboxylic acids is 1. The van der Waals surface area contributed by atoms with E-state index < -0.39 is 45.1 Å². The van der Waals surface area contributed by atoms with Gasteiger partial charge in [-0.05, 0) is 0 Å². The van der Waals surface area contributed by atoms with Crippen molar-refractivity contribution in [1.29, 1.82) is 0 Å². The summed E-state index contributed by atoms with van der Waals surface area (Å²) in [5, 5.41) is 0.131. The maximum atomic E-state index is 11.6. The van der Waals surface area contributed by atoms with Crippen LogP contribution in [0.15, 0.2) is 19.8 Å². The van der Waals surface area contributed by atoms with E-state index in [1.807, 2.05) is 12.1 Å². The first kappa shape index (κ1) is 26.1. The van der Waals surface area contributed by atoms with Crippen LogP contribution >= 0.6 is 0 Å². The molecule has 0 unspecified atom stereocenters. The Morgan fingerprint density at radius 3 is 1.89 bits per heavy atom. The van der Waals surface area contributed by atoms with Gasteiger partial charge in [-0.3, -0.25) is 0 Å². The van der Waals surface area contributed by atoms with Crippen molar-refractivity contribution in [1.82, 2.24) is 0 Å². The van der Waals surface area contributed by atoms with Crippen molar-refractivity contribution in [3.05, 3.63) is 25.4 Å². The molecule has 0 aliphatic carbocycles. The van der Waals surface area contributed by atoms with Crippen molar-refractivity contribution < 1.29 is 14.0 Å². The van der Waals surface area contributed by atoms with Crippen molar-refractivity contribution in [2.45, 2.75) is 75.5 Å². The fourth-order valence-corrected chi connectivity index (χ4v) is 57.0. The summed E-state index contributed by atoms with van der Waals surface area (Å²) in [6, 6.07) is 5.91. The molecule has 0 aliphatic rings. The predicted octanol–water partition coefficient (Wildman–Crippen LogP) is 7.13. The number of carbonyl (C=O) groups is 1. The van der Waals surface area contributed by atoms with Crippen LogP contribution in [0.1, 0.15) is 33.3 Å². The Hall–Kier alpha value is 0.0443. The molecule has 1 rings (SSSR count). The number of hydrogen-bond donors (Lipinski definition) is 0. The fraction of sp³-hybridized carbons (Fsp3) is 0.591. The maximum absolute atomic E-state index is 11.6. The van der Waals surface area contributed by atoms with Gasteiger partial charge >= 0.3 is 183 Å². The first-order valence-corrected chi connectivity index (χ1v) is 33.0. The van der Waals surface area contributed by atoms with E-state index in [1.165, 1.54) is 6.92 Å². The number of hydrogen-bond acceptors (Lipinski definition) is 3. The molecule has 0 saturated heterocycles. The molecule has 3 nitrogen and oxygen atoms in total. The van der Waals surface area contributed by atoms with E-state index in [0.717, 1.165) is 11.3 Å². The Kier molecular flexibility index (Phi) is 8.42. The number of esters is 1. The topological polar surface area (TPSA) is 35.5 Å². The van der Waals surface area contributed by atoms with E-state index in [1.54, 1.807) is 1.60 Å². The minimum absolute atomic E-state index is 0.131. The van der Waals surface area contributed by atoms with E-state index in [0.29, 0.717) is 5.75 Å². The molecule has 0 atom stereocenters. The van der Waals surface area contributed by atoms with Crippen LogP contribution in [0, 0.1) is 0 Å². The van der Waals surface area contributed by atoms with E-state index in [2.05, 4.69) is 75.6 Å². The summed E-state index contributed by atoms with van der Waals surface area (Å²) in [4.78, 5) is 26.5. The zero-order chi connectivity index (χ0) is 22.1. The summed E-state index contributed by atoms with van der Waals surface area (Å²) in [5.41, 5.74) is 0.986. The van der Waals surface area contributed by atoms with Gasteiger partial charge in [-0.15, -0.1) is 0 Å². The van der Waals surface area contributed by atoms with Crippen molar-refractivity contribution in [3.63, 3.8) is 0 Å². The van der Waals surface area contributed by atoms with Gasteiger partial charge in [0.15, 0.2) is 0 Å². The normalized spacial score (nSPS) is 13.1. The molecule has 0 radical (unpaired) electrons. The van der Waals surface area contributed by atoms with Crippen LogP contribution in [0.5, 0.6) is 11.5 Å². The average Bonchev–Trinajstić information content (AvgIpc) is 2.42. The van der Waals surface area contributed by atoms with Crippen molar-refractivity contribution in [2.24, 2.45) is 0 Å². The van der Waals surface area contributed by atoms with Crippen LogP contribution in [0.3, 0.4) is 0 Å². The first-order valence-electron chi connectivity index (χ1n) is 10.1. The summed E-state index contributed by atoms with van der Waals surface area (Å²) in [7, 11) is -1.93. The van der Waals surface area contributed by atoms with Gasteiger partial charge in [-0.1, -0.05) is 0 Å². The molecular weight excluding hydrogens is 578 g/mol. The molecule has 28 heavy (non-hydrogen) atoms. The molecule has 0 bridgehead atoms. The molecule has 6 heteroatoms. The molecule has 1 aromatic rings. The standard InChI is InChI=1S/C16H22O3Si.6CH3.2Sn/c1-8-13-11-14(9-10-15(13)18-12(2)17)19-20(6,7)16(3,4)5;;;;;;;;/h8-11H,2-7H3;6*1H3;;. The van der Waals surface area contributed by atoms with Gasteiger partial charge in [-0.25, -0.2) is 0 Å². The monoisotopic (exact) mass is 620 g/mol. The molecule has 0 amide bonds.